The topological polar surface area (TPSA) is 85.2 Å². The van der Waals surface area contributed by atoms with Crippen LogP contribution >= 0.6 is 0 Å². The highest BCUT2D eigenvalue weighted by molar-refractivity contribution is 5.74. The first-order valence-electron chi connectivity index (χ1n) is 6.44. The molecule has 108 valence electrons. The molecule has 0 radical (unpaired) electrons. The molecule has 20 heavy (non-hydrogen) atoms. The molecule has 1 rings (SSSR count). The Balaban J connectivity index is 2.54. The van der Waals surface area contributed by atoms with Crippen LogP contribution in [0.3, 0.4) is 0 Å². The molecule has 0 bridgehead atoms. The van der Waals surface area contributed by atoms with Gasteiger partial charge in [0.05, 0.1) is 11.6 Å². The number of carbonyl (C=O) groups is 1. The Kier molecular flexibility index (Phi) is 6.47. The van der Waals surface area contributed by atoms with Crippen molar-refractivity contribution in [2.45, 2.75) is 32.4 Å². The van der Waals surface area contributed by atoms with Crippen LogP contribution in [0.2, 0.25) is 0 Å². The predicted molar refractivity (Wildman–Crippen MR) is 72.3 cm³/mol. The molecule has 0 spiro atoms. The van der Waals surface area contributed by atoms with E-state index in [2.05, 4.69) is 10.6 Å². The maximum absolute atomic E-state index is 13.5. The standard InChI is InChI=1S/C14H18FN3O2/c1-2-12(5-6-19)18-14(20)17-9-11-7-10(8-16)3-4-13(11)15/h3-4,7,12,19H,2,5-6,9H2,1H3,(H2,17,18,20). The van der Waals surface area contributed by atoms with E-state index in [1.807, 2.05) is 13.0 Å². The Morgan fingerprint density at radius 2 is 2.30 bits per heavy atom. The molecule has 1 atom stereocenters. The van der Waals surface area contributed by atoms with E-state index in [1.54, 1.807) is 0 Å². The van der Waals surface area contributed by atoms with Crippen LogP contribution in [0.1, 0.15) is 30.9 Å². The number of nitriles is 1. The highest BCUT2D eigenvalue weighted by Crippen LogP contribution is 2.09. The fourth-order valence-corrected chi connectivity index (χ4v) is 1.73. The minimum atomic E-state index is -0.466. The first kappa shape index (κ1) is 15.9. The molecule has 0 saturated carbocycles. The Morgan fingerprint density at radius 1 is 1.55 bits per heavy atom. The van der Waals surface area contributed by atoms with Crippen molar-refractivity contribution in [3.8, 4) is 6.07 Å². The molecule has 0 aliphatic rings. The molecule has 1 aromatic carbocycles. The number of hydrogen-bond acceptors (Lipinski definition) is 3. The average Bonchev–Trinajstić information content (AvgIpc) is 2.46. The molecule has 1 aromatic rings. The average molecular weight is 279 g/mol. The van der Waals surface area contributed by atoms with Crippen LogP contribution in [0.25, 0.3) is 0 Å². The fourth-order valence-electron chi connectivity index (χ4n) is 1.73. The van der Waals surface area contributed by atoms with Crippen LogP contribution in [0.5, 0.6) is 0 Å². The molecule has 0 heterocycles. The minimum absolute atomic E-state index is 0.00235. The lowest BCUT2D eigenvalue weighted by molar-refractivity contribution is 0.227. The summed E-state index contributed by atoms with van der Waals surface area (Å²) in [4.78, 5) is 11.6. The highest BCUT2D eigenvalue weighted by atomic mass is 19.1. The van der Waals surface area contributed by atoms with E-state index in [1.165, 1.54) is 18.2 Å². The fraction of sp³-hybridized carbons (Fsp3) is 0.429. The molecular formula is C14H18FN3O2. The molecule has 0 aromatic heterocycles. The van der Waals surface area contributed by atoms with Crippen molar-refractivity contribution in [2.75, 3.05) is 6.61 Å². The monoisotopic (exact) mass is 279 g/mol. The molecule has 3 N–H and O–H groups in total. The van der Waals surface area contributed by atoms with Crippen molar-refractivity contribution in [3.05, 3.63) is 35.1 Å². The largest absolute Gasteiger partial charge is 0.396 e. The van der Waals surface area contributed by atoms with E-state index in [4.69, 9.17) is 10.4 Å². The second kappa shape index (κ2) is 8.12. The van der Waals surface area contributed by atoms with E-state index >= 15 is 0 Å². The number of rotatable bonds is 6. The van der Waals surface area contributed by atoms with Crippen LogP contribution < -0.4 is 10.6 Å². The third kappa shape index (κ3) is 4.86. The summed E-state index contributed by atoms with van der Waals surface area (Å²) in [5, 5.41) is 22.8. The lowest BCUT2D eigenvalue weighted by Gasteiger charge is -2.16. The quantitative estimate of drug-likeness (QED) is 0.740. The SMILES string of the molecule is CCC(CCO)NC(=O)NCc1cc(C#N)ccc1F. The molecule has 0 aliphatic heterocycles. The number of nitrogens with one attached hydrogen (secondary N) is 2. The van der Waals surface area contributed by atoms with Crippen molar-refractivity contribution in [2.24, 2.45) is 0 Å². The number of hydrogen-bond donors (Lipinski definition) is 3. The summed E-state index contributed by atoms with van der Waals surface area (Å²) < 4.78 is 13.5. The van der Waals surface area contributed by atoms with Crippen LogP contribution in [0, 0.1) is 17.1 Å². The lowest BCUT2D eigenvalue weighted by Crippen LogP contribution is -2.42. The Morgan fingerprint density at radius 3 is 2.90 bits per heavy atom. The van der Waals surface area contributed by atoms with Gasteiger partial charge in [-0.05, 0) is 31.0 Å². The third-order valence-corrected chi connectivity index (χ3v) is 2.92. The van der Waals surface area contributed by atoms with E-state index < -0.39 is 11.8 Å². The lowest BCUT2D eigenvalue weighted by atomic mass is 10.1. The number of carbonyl (C=O) groups excluding carboxylic acids is 1. The zero-order valence-corrected chi connectivity index (χ0v) is 11.3. The minimum Gasteiger partial charge on any atom is -0.396 e. The number of amides is 2. The van der Waals surface area contributed by atoms with Crippen LogP contribution in [0.4, 0.5) is 9.18 Å². The summed E-state index contributed by atoms with van der Waals surface area (Å²) in [5.41, 5.74) is 0.602. The van der Waals surface area contributed by atoms with Crippen molar-refractivity contribution >= 4 is 6.03 Å². The van der Waals surface area contributed by atoms with E-state index in [9.17, 15) is 9.18 Å². The Labute approximate surface area is 117 Å². The van der Waals surface area contributed by atoms with Crippen molar-refractivity contribution in [1.82, 2.24) is 10.6 Å². The maximum atomic E-state index is 13.5. The number of nitrogens with zero attached hydrogens (tertiary/aromatic N) is 1. The highest BCUT2D eigenvalue weighted by Gasteiger charge is 2.10. The van der Waals surface area contributed by atoms with Gasteiger partial charge in [-0.1, -0.05) is 6.92 Å². The van der Waals surface area contributed by atoms with Crippen LogP contribution in [-0.4, -0.2) is 23.8 Å². The van der Waals surface area contributed by atoms with Crippen molar-refractivity contribution in [3.63, 3.8) is 0 Å². The number of benzene rings is 1. The summed E-state index contributed by atoms with van der Waals surface area (Å²) in [6, 6.07) is 5.37. The second-order valence-corrected chi connectivity index (χ2v) is 4.36. The van der Waals surface area contributed by atoms with Crippen molar-refractivity contribution < 1.29 is 14.3 Å². The van der Waals surface area contributed by atoms with Crippen LogP contribution in [0.15, 0.2) is 18.2 Å². The maximum Gasteiger partial charge on any atom is 0.315 e. The van der Waals surface area contributed by atoms with Gasteiger partial charge >= 0.3 is 6.03 Å². The van der Waals surface area contributed by atoms with Gasteiger partial charge in [-0.25, -0.2) is 9.18 Å². The molecular weight excluding hydrogens is 261 g/mol. The first-order valence-corrected chi connectivity index (χ1v) is 6.44. The summed E-state index contributed by atoms with van der Waals surface area (Å²) in [7, 11) is 0. The first-order chi connectivity index (χ1) is 9.60. The van der Waals surface area contributed by atoms with Gasteiger partial charge < -0.3 is 15.7 Å². The van der Waals surface area contributed by atoms with Gasteiger partial charge in [-0.3, -0.25) is 0 Å². The van der Waals surface area contributed by atoms with E-state index in [-0.39, 0.29) is 24.8 Å². The van der Waals surface area contributed by atoms with E-state index in [0.29, 0.717) is 18.4 Å². The van der Waals surface area contributed by atoms with Gasteiger partial charge in [0, 0.05) is 24.8 Å². The van der Waals surface area contributed by atoms with Gasteiger partial charge in [-0.2, -0.15) is 5.26 Å². The second-order valence-electron chi connectivity index (χ2n) is 4.36. The zero-order valence-electron chi connectivity index (χ0n) is 11.3. The zero-order chi connectivity index (χ0) is 15.0. The summed E-state index contributed by atoms with van der Waals surface area (Å²) in [6.45, 7) is 1.90. The number of halogens is 1. The molecule has 6 heteroatoms. The summed E-state index contributed by atoms with van der Waals surface area (Å²) in [5.74, 6) is -0.466. The Bertz CT molecular complexity index is 500. The van der Waals surface area contributed by atoms with E-state index in [0.717, 1.165) is 0 Å². The Hall–Kier alpha value is -2.13. The summed E-state index contributed by atoms with van der Waals surface area (Å²) >= 11 is 0. The third-order valence-electron chi connectivity index (χ3n) is 2.92. The van der Waals surface area contributed by atoms with Crippen LogP contribution in [-0.2, 0) is 6.54 Å². The molecule has 0 saturated heterocycles. The number of aliphatic hydroxyl groups excluding tert-OH is 1. The van der Waals surface area contributed by atoms with Gasteiger partial charge in [0.2, 0.25) is 0 Å². The number of urea groups is 1. The molecule has 0 aliphatic carbocycles. The molecule has 1 unspecified atom stereocenters. The normalized spacial score (nSPS) is 11.5. The van der Waals surface area contributed by atoms with Gasteiger partial charge in [-0.15, -0.1) is 0 Å². The van der Waals surface area contributed by atoms with Gasteiger partial charge in [0.15, 0.2) is 0 Å². The predicted octanol–water partition coefficient (Wildman–Crippen LogP) is 1.66. The van der Waals surface area contributed by atoms with Gasteiger partial charge in [0.25, 0.3) is 0 Å². The number of aliphatic hydroxyl groups is 1. The van der Waals surface area contributed by atoms with Crippen molar-refractivity contribution in [1.29, 1.82) is 5.26 Å². The smallest absolute Gasteiger partial charge is 0.315 e. The summed E-state index contributed by atoms with van der Waals surface area (Å²) in [6.07, 6.45) is 1.18. The molecule has 5 nitrogen and oxygen atoms in total. The molecule has 0 fully saturated rings. The molecule has 2 amide bonds. The van der Waals surface area contributed by atoms with Gasteiger partial charge in [0.1, 0.15) is 5.82 Å².